The van der Waals surface area contributed by atoms with Crippen molar-refractivity contribution < 1.29 is 9.53 Å². The van der Waals surface area contributed by atoms with E-state index in [0.29, 0.717) is 19.6 Å². The van der Waals surface area contributed by atoms with Crippen LogP contribution in [0, 0.1) is 0 Å². The van der Waals surface area contributed by atoms with Gasteiger partial charge in [0, 0.05) is 13.0 Å². The Labute approximate surface area is 138 Å². The van der Waals surface area contributed by atoms with Gasteiger partial charge in [0.05, 0.1) is 6.61 Å². The molecule has 2 aromatic carbocycles. The third kappa shape index (κ3) is 5.78. The molecule has 122 valence electrons. The van der Waals surface area contributed by atoms with Crippen molar-refractivity contribution in [3.63, 3.8) is 0 Å². The molecule has 23 heavy (non-hydrogen) atoms. The molecule has 1 N–H and O–H groups in total. The van der Waals surface area contributed by atoms with Gasteiger partial charge in [-0.1, -0.05) is 43.3 Å². The first-order chi connectivity index (χ1) is 11.2. The van der Waals surface area contributed by atoms with Crippen molar-refractivity contribution >= 4 is 5.91 Å². The average Bonchev–Trinajstić information content (AvgIpc) is 2.60. The second-order valence-corrected chi connectivity index (χ2v) is 5.52. The predicted molar refractivity (Wildman–Crippen MR) is 93.6 cm³/mol. The van der Waals surface area contributed by atoms with Crippen molar-refractivity contribution in [2.24, 2.45) is 0 Å². The van der Waals surface area contributed by atoms with E-state index in [2.05, 4.69) is 36.5 Å². The smallest absolute Gasteiger partial charge is 0.220 e. The van der Waals surface area contributed by atoms with Crippen molar-refractivity contribution in [2.75, 3.05) is 6.61 Å². The molecule has 1 amide bonds. The van der Waals surface area contributed by atoms with Crippen molar-refractivity contribution in [2.45, 2.75) is 39.7 Å². The minimum absolute atomic E-state index is 0.0819. The molecular formula is C20H25NO2. The number of carbonyl (C=O) groups excluding carboxylic acids is 1. The van der Waals surface area contributed by atoms with Crippen LogP contribution >= 0.6 is 0 Å². The molecule has 0 fully saturated rings. The molecular weight excluding hydrogens is 286 g/mol. The maximum Gasteiger partial charge on any atom is 0.220 e. The Hall–Kier alpha value is -2.29. The van der Waals surface area contributed by atoms with Crippen LogP contribution in [0.2, 0.25) is 0 Å². The van der Waals surface area contributed by atoms with E-state index >= 15 is 0 Å². The summed E-state index contributed by atoms with van der Waals surface area (Å²) in [5.74, 6) is 0.941. The molecule has 3 heteroatoms. The summed E-state index contributed by atoms with van der Waals surface area (Å²) in [6.45, 7) is 5.32. The average molecular weight is 311 g/mol. The standard InChI is InChI=1S/C20H25NO2/c1-3-16-5-7-17(8-6-16)11-14-20(22)21-15-18-9-12-19(13-10-18)23-4-2/h5-10,12-13H,3-4,11,14-15H2,1-2H3,(H,21,22). The number of aryl methyl sites for hydroxylation is 2. The van der Waals surface area contributed by atoms with Crippen LogP contribution in [0.25, 0.3) is 0 Å². The van der Waals surface area contributed by atoms with Crippen molar-refractivity contribution in [1.29, 1.82) is 0 Å². The van der Waals surface area contributed by atoms with E-state index in [0.717, 1.165) is 24.2 Å². The number of hydrogen-bond donors (Lipinski definition) is 1. The van der Waals surface area contributed by atoms with Crippen LogP contribution in [0.5, 0.6) is 5.75 Å². The quantitative estimate of drug-likeness (QED) is 0.803. The molecule has 0 saturated carbocycles. The number of rotatable bonds is 8. The van der Waals surface area contributed by atoms with E-state index < -0.39 is 0 Å². The first-order valence-electron chi connectivity index (χ1n) is 8.27. The molecule has 0 aliphatic carbocycles. The van der Waals surface area contributed by atoms with Gasteiger partial charge in [0.25, 0.3) is 0 Å². The number of amides is 1. The van der Waals surface area contributed by atoms with Gasteiger partial charge < -0.3 is 10.1 Å². The summed E-state index contributed by atoms with van der Waals surface area (Å²) in [5.41, 5.74) is 3.61. The maximum atomic E-state index is 11.9. The van der Waals surface area contributed by atoms with Gasteiger partial charge in [0.1, 0.15) is 5.75 Å². The largest absolute Gasteiger partial charge is 0.494 e. The summed E-state index contributed by atoms with van der Waals surface area (Å²) >= 11 is 0. The highest BCUT2D eigenvalue weighted by Gasteiger charge is 2.03. The maximum absolute atomic E-state index is 11.9. The first kappa shape index (κ1) is 17.1. The fraction of sp³-hybridized carbons (Fsp3) is 0.350. The second kappa shape index (κ2) is 8.99. The molecule has 2 aromatic rings. The van der Waals surface area contributed by atoms with E-state index in [1.807, 2.05) is 31.2 Å². The lowest BCUT2D eigenvalue weighted by Crippen LogP contribution is -2.22. The Morgan fingerprint density at radius 2 is 1.52 bits per heavy atom. The van der Waals surface area contributed by atoms with E-state index in [1.165, 1.54) is 11.1 Å². The molecule has 0 heterocycles. The van der Waals surface area contributed by atoms with Gasteiger partial charge in [-0.2, -0.15) is 0 Å². The van der Waals surface area contributed by atoms with E-state index in [9.17, 15) is 4.79 Å². The molecule has 0 radical (unpaired) electrons. The Bertz CT molecular complexity index is 603. The zero-order chi connectivity index (χ0) is 16.5. The third-order valence-corrected chi connectivity index (χ3v) is 3.80. The molecule has 0 unspecified atom stereocenters. The van der Waals surface area contributed by atoms with Gasteiger partial charge in [-0.15, -0.1) is 0 Å². The van der Waals surface area contributed by atoms with Gasteiger partial charge in [-0.25, -0.2) is 0 Å². The normalized spacial score (nSPS) is 10.3. The predicted octanol–water partition coefficient (Wildman–Crippen LogP) is 3.90. The highest BCUT2D eigenvalue weighted by atomic mass is 16.5. The number of benzene rings is 2. The monoisotopic (exact) mass is 311 g/mol. The van der Waals surface area contributed by atoms with Crippen LogP contribution in [0.3, 0.4) is 0 Å². The van der Waals surface area contributed by atoms with Crippen molar-refractivity contribution in [3.8, 4) is 5.75 Å². The summed E-state index contributed by atoms with van der Waals surface area (Å²) in [5, 5.41) is 2.96. The lowest BCUT2D eigenvalue weighted by molar-refractivity contribution is -0.121. The highest BCUT2D eigenvalue weighted by Crippen LogP contribution is 2.12. The number of carbonyl (C=O) groups is 1. The zero-order valence-electron chi connectivity index (χ0n) is 14.0. The number of ether oxygens (including phenoxy) is 1. The summed E-state index contributed by atoms with van der Waals surface area (Å²) in [4.78, 5) is 11.9. The van der Waals surface area contributed by atoms with Crippen molar-refractivity contribution in [1.82, 2.24) is 5.32 Å². The molecule has 0 bridgehead atoms. The summed E-state index contributed by atoms with van der Waals surface area (Å²) in [7, 11) is 0. The van der Waals surface area contributed by atoms with Crippen LogP contribution in [0.4, 0.5) is 0 Å². The van der Waals surface area contributed by atoms with Crippen LogP contribution in [0.15, 0.2) is 48.5 Å². The second-order valence-electron chi connectivity index (χ2n) is 5.52. The SMILES string of the molecule is CCOc1ccc(CNC(=O)CCc2ccc(CC)cc2)cc1. The topological polar surface area (TPSA) is 38.3 Å². The molecule has 0 spiro atoms. The minimum Gasteiger partial charge on any atom is -0.494 e. The fourth-order valence-corrected chi connectivity index (χ4v) is 2.36. The Morgan fingerprint density at radius 1 is 0.913 bits per heavy atom. The van der Waals surface area contributed by atoms with Crippen LogP contribution in [-0.2, 0) is 24.2 Å². The Balaban J connectivity index is 1.73. The fourth-order valence-electron chi connectivity index (χ4n) is 2.36. The molecule has 2 rings (SSSR count). The first-order valence-corrected chi connectivity index (χ1v) is 8.27. The Kier molecular flexibility index (Phi) is 6.67. The van der Waals surface area contributed by atoms with Crippen molar-refractivity contribution in [3.05, 3.63) is 65.2 Å². The zero-order valence-corrected chi connectivity index (χ0v) is 14.0. The van der Waals surface area contributed by atoms with E-state index in [-0.39, 0.29) is 5.91 Å². The van der Waals surface area contributed by atoms with Gasteiger partial charge in [-0.3, -0.25) is 4.79 Å². The summed E-state index contributed by atoms with van der Waals surface area (Å²) < 4.78 is 5.40. The van der Waals surface area contributed by atoms with E-state index in [1.54, 1.807) is 0 Å². The van der Waals surface area contributed by atoms with Gasteiger partial charge in [0.2, 0.25) is 5.91 Å². The molecule has 0 saturated heterocycles. The molecule has 0 aliphatic heterocycles. The minimum atomic E-state index is 0.0819. The number of nitrogens with one attached hydrogen (secondary N) is 1. The lowest BCUT2D eigenvalue weighted by Gasteiger charge is -2.07. The third-order valence-electron chi connectivity index (χ3n) is 3.80. The van der Waals surface area contributed by atoms with Crippen LogP contribution in [0.1, 0.15) is 37.0 Å². The number of hydrogen-bond acceptors (Lipinski definition) is 2. The molecule has 3 nitrogen and oxygen atoms in total. The van der Waals surface area contributed by atoms with Gasteiger partial charge in [0.15, 0.2) is 0 Å². The van der Waals surface area contributed by atoms with Crippen LogP contribution < -0.4 is 10.1 Å². The molecule has 0 aliphatic rings. The summed E-state index contributed by atoms with van der Waals surface area (Å²) in [6, 6.07) is 16.3. The molecule has 0 aromatic heterocycles. The highest BCUT2D eigenvalue weighted by molar-refractivity contribution is 5.76. The molecule has 0 atom stereocenters. The Morgan fingerprint density at radius 3 is 2.13 bits per heavy atom. The van der Waals surface area contributed by atoms with Gasteiger partial charge in [-0.05, 0) is 48.6 Å². The van der Waals surface area contributed by atoms with Gasteiger partial charge >= 0.3 is 0 Å². The summed E-state index contributed by atoms with van der Waals surface area (Å²) in [6.07, 6.45) is 2.34. The van der Waals surface area contributed by atoms with Crippen LogP contribution in [-0.4, -0.2) is 12.5 Å². The lowest BCUT2D eigenvalue weighted by atomic mass is 10.1. The van der Waals surface area contributed by atoms with E-state index in [4.69, 9.17) is 4.74 Å².